The van der Waals surface area contributed by atoms with Crippen LogP contribution in [0.3, 0.4) is 0 Å². The van der Waals surface area contributed by atoms with Crippen molar-refractivity contribution in [1.82, 2.24) is 4.98 Å². The Bertz CT molecular complexity index is 722. The molecule has 0 aliphatic rings. The molecule has 4 nitrogen and oxygen atoms in total. The molecule has 2 rings (SSSR count). The number of rotatable bonds is 3. The number of anilines is 1. The Balaban J connectivity index is 2.38. The standard InChI is InChI=1S/C11H7BrF2N2O2S/c12-8-2-1-7(5-9(8)13)19(17,18)16-11-3-4-15-6-10(11)14/h1-6H,(H,15,16). The van der Waals surface area contributed by atoms with E-state index < -0.39 is 21.7 Å². The molecule has 0 spiro atoms. The van der Waals surface area contributed by atoms with E-state index >= 15 is 0 Å². The molecule has 0 atom stereocenters. The monoisotopic (exact) mass is 348 g/mol. The molecule has 0 fully saturated rings. The van der Waals surface area contributed by atoms with Crippen LogP contribution >= 0.6 is 15.9 Å². The quantitative estimate of drug-likeness (QED) is 0.927. The summed E-state index contributed by atoms with van der Waals surface area (Å²) >= 11 is 2.92. The van der Waals surface area contributed by atoms with Crippen LogP contribution in [-0.4, -0.2) is 13.4 Å². The molecule has 0 saturated heterocycles. The lowest BCUT2D eigenvalue weighted by Crippen LogP contribution is -2.14. The Morgan fingerprint density at radius 3 is 2.53 bits per heavy atom. The second-order valence-electron chi connectivity index (χ2n) is 3.54. The number of nitrogens with zero attached hydrogens (tertiary/aromatic N) is 1. The lowest BCUT2D eigenvalue weighted by atomic mass is 10.3. The fourth-order valence-electron chi connectivity index (χ4n) is 1.31. The summed E-state index contributed by atoms with van der Waals surface area (Å²) in [4.78, 5) is 3.20. The number of benzene rings is 1. The van der Waals surface area contributed by atoms with Crippen LogP contribution in [0.15, 0.2) is 46.0 Å². The zero-order chi connectivity index (χ0) is 14.0. The largest absolute Gasteiger partial charge is 0.277 e. The van der Waals surface area contributed by atoms with Gasteiger partial charge in [0.05, 0.1) is 21.3 Å². The molecule has 1 aromatic carbocycles. The fraction of sp³-hybridized carbons (Fsp3) is 0. The first-order valence-corrected chi connectivity index (χ1v) is 7.25. The molecule has 0 aliphatic carbocycles. The van der Waals surface area contributed by atoms with Crippen LogP contribution in [0.25, 0.3) is 0 Å². The zero-order valence-corrected chi connectivity index (χ0v) is 11.7. The van der Waals surface area contributed by atoms with Gasteiger partial charge < -0.3 is 0 Å². The van der Waals surface area contributed by atoms with Crippen LogP contribution in [0, 0.1) is 11.6 Å². The average Bonchev–Trinajstić information content (AvgIpc) is 2.35. The smallest absolute Gasteiger partial charge is 0.262 e. The molecule has 8 heteroatoms. The summed E-state index contributed by atoms with van der Waals surface area (Å²) < 4.78 is 52.7. The molecular weight excluding hydrogens is 342 g/mol. The van der Waals surface area contributed by atoms with Crippen molar-refractivity contribution in [3.63, 3.8) is 0 Å². The Morgan fingerprint density at radius 2 is 1.89 bits per heavy atom. The maximum absolute atomic E-state index is 13.3. The minimum Gasteiger partial charge on any atom is -0.277 e. The summed E-state index contributed by atoms with van der Waals surface area (Å²) in [5, 5.41) is 0. The van der Waals surface area contributed by atoms with E-state index in [1.54, 1.807) is 0 Å². The first kappa shape index (κ1) is 13.9. The van der Waals surface area contributed by atoms with Crippen molar-refractivity contribution in [3.05, 3.63) is 52.8 Å². The highest BCUT2D eigenvalue weighted by Crippen LogP contribution is 2.22. The number of aromatic nitrogens is 1. The Kier molecular flexibility index (Phi) is 3.81. The number of hydrogen-bond acceptors (Lipinski definition) is 3. The molecule has 0 unspecified atom stereocenters. The second kappa shape index (κ2) is 5.22. The lowest BCUT2D eigenvalue weighted by molar-refractivity contribution is 0.591. The van der Waals surface area contributed by atoms with Crippen molar-refractivity contribution in [3.8, 4) is 0 Å². The van der Waals surface area contributed by atoms with E-state index in [0.29, 0.717) is 0 Å². The van der Waals surface area contributed by atoms with Crippen molar-refractivity contribution in [2.75, 3.05) is 4.72 Å². The average molecular weight is 349 g/mol. The highest BCUT2D eigenvalue weighted by atomic mass is 79.9. The molecule has 0 saturated carbocycles. The molecule has 19 heavy (non-hydrogen) atoms. The van der Waals surface area contributed by atoms with Crippen molar-refractivity contribution in [2.45, 2.75) is 4.90 Å². The van der Waals surface area contributed by atoms with Crippen LogP contribution in [0.2, 0.25) is 0 Å². The third-order valence-corrected chi connectivity index (χ3v) is 4.22. The highest BCUT2D eigenvalue weighted by molar-refractivity contribution is 9.10. The van der Waals surface area contributed by atoms with Gasteiger partial charge in [-0.2, -0.15) is 0 Å². The van der Waals surface area contributed by atoms with Gasteiger partial charge in [0.1, 0.15) is 5.82 Å². The number of pyridine rings is 1. The molecule has 0 radical (unpaired) electrons. The summed E-state index contributed by atoms with van der Waals surface area (Å²) in [7, 11) is -4.05. The minimum atomic E-state index is -4.05. The molecule has 0 amide bonds. The summed E-state index contributed by atoms with van der Waals surface area (Å²) in [5.74, 6) is -1.54. The van der Waals surface area contributed by atoms with Gasteiger partial charge in [-0.25, -0.2) is 17.2 Å². The SMILES string of the molecule is O=S(=O)(Nc1ccncc1F)c1ccc(Br)c(F)c1. The van der Waals surface area contributed by atoms with Gasteiger partial charge in [-0.1, -0.05) is 0 Å². The van der Waals surface area contributed by atoms with Crippen LogP contribution < -0.4 is 4.72 Å². The van der Waals surface area contributed by atoms with Crippen molar-refractivity contribution in [1.29, 1.82) is 0 Å². The third kappa shape index (κ3) is 3.07. The van der Waals surface area contributed by atoms with Gasteiger partial charge in [0.2, 0.25) is 0 Å². The minimum absolute atomic E-state index is 0.140. The van der Waals surface area contributed by atoms with E-state index in [4.69, 9.17) is 0 Å². The Hall–Kier alpha value is -1.54. The molecule has 2 aromatic rings. The van der Waals surface area contributed by atoms with Crippen molar-refractivity contribution < 1.29 is 17.2 Å². The first-order chi connectivity index (χ1) is 8.90. The van der Waals surface area contributed by atoms with E-state index in [1.807, 2.05) is 4.72 Å². The van der Waals surface area contributed by atoms with Crippen molar-refractivity contribution >= 4 is 31.6 Å². The van der Waals surface area contributed by atoms with Gasteiger partial charge in [0.15, 0.2) is 5.82 Å². The summed E-state index contributed by atoms with van der Waals surface area (Å²) in [5.41, 5.74) is -0.252. The van der Waals surface area contributed by atoms with E-state index in [9.17, 15) is 17.2 Å². The van der Waals surface area contributed by atoms with E-state index in [1.165, 1.54) is 24.4 Å². The normalized spacial score (nSPS) is 11.3. The van der Waals surface area contributed by atoms with Crippen LogP contribution in [0.4, 0.5) is 14.5 Å². The number of halogens is 3. The number of sulfonamides is 1. The maximum atomic E-state index is 13.3. The second-order valence-corrected chi connectivity index (χ2v) is 6.07. The van der Waals surface area contributed by atoms with Gasteiger partial charge >= 0.3 is 0 Å². The van der Waals surface area contributed by atoms with Gasteiger partial charge in [0.25, 0.3) is 10.0 Å². The molecule has 1 heterocycles. The summed E-state index contributed by atoms with van der Waals surface area (Å²) in [6, 6.07) is 4.47. The van der Waals surface area contributed by atoms with Gasteiger partial charge in [0, 0.05) is 6.20 Å². The Morgan fingerprint density at radius 1 is 1.16 bits per heavy atom. The molecular formula is C11H7BrF2N2O2S. The van der Waals surface area contributed by atoms with Crippen LogP contribution in [-0.2, 0) is 10.0 Å². The topological polar surface area (TPSA) is 59.1 Å². The van der Waals surface area contributed by atoms with Gasteiger partial charge in [-0.15, -0.1) is 0 Å². The molecule has 1 aromatic heterocycles. The first-order valence-electron chi connectivity index (χ1n) is 4.97. The third-order valence-electron chi connectivity index (χ3n) is 2.22. The molecule has 1 N–H and O–H groups in total. The van der Waals surface area contributed by atoms with Crippen LogP contribution in [0.5, 0.6) is 0 Å². The fourth-order valence-corrected chi connectivity index (χ4v) is 2.63. The molecule has 0 aliphatic heterocycles. The lowest BCUT2D eigenvalue weighted by Gasteiger charge is -2.08. The molecule has 0 bridgehead atoms. The van der Waals surface area contributed by atoms with Gasteiger partial charge in [-0.3, -0.25) is 9.71 Å². The molecule has 100 valence electrons. The predicted molar refractivity (Wildman–Crippen MR) is 69.1 cm³/mol. The number of nitrogens with one attached hydrogen (secondary N) is 1. The van der Waals surface area contributed by atoms with Crippen molar-refractivity contribution in [2.24, 2.45) is 0 Å². The van der Waals surface area contributed by atoms with Crippen LogP contribution in [0.1, 0.15) is 0 Å². The van der Waals surface area contributed by atoms with E-state index in [2.05, 4.69) is 20.9 Å². The maximum Gasteiger partial charge on any atom is 0.262 e. The predicted octanol–water partition coefficient (Wildman–Crippen LogP) is 2.92. The van der Waals surface area contributed by atoms with E-state index in [-0.39, 0.29) is 15.1 Å². The number of hydrogen-bond donors (Lipinski definition) is 1. The van der Waals surface area contributed by atoms with E-state index in [0.717, 1.165) is 12.3 Å². The Labute approximate surface area is 116 Å². The van der Waals surface area contributed by atoms with Gasteiger partial charge in [-0.05, 0) is 40.2 Å². The highest BCUT2D eigenvalue weighted by Gasteiger charge is 2.17. The summed E-state index contributed by atoms with van der Waals surface area (Å²) in [6.07, 6.45) is 2.11. The summed E-state index contributed by atoms with van der Waals surface area (Å²) in [6.45, 7) is 0. The zero-order valence-electron chi connectivity index (χ0n) is 9.27.